The highest BCUT2D eigenvalue weighted by Crippen LogP contribution is 2.22. The Bertz CT molecular complexity index is 804. The van der Waals surface area contributed by atoms with Crippen molar-refractivity contribution in [1.82, 2.24) is 10.6 Å². The zero-order chi connectivity index (χ0) is 17.6. The number of benzene rings is 1. The van der Waals surface area contributed by atoms with Crippen LogP contribution in [0.2, 0.25) is 0 Å². The van der Waals surface area contributed by atoms with Gasteiger partial charge in [0.05, 0.1) is 25.4 Å². The van der Waals surface area contributed by atoms with Gasteiger partial charge in [-0.05, 0) is 38.1 Å². The summed E-state index contributed by atoms with van der Waals surface area (Å²) in [7, 11) is 0. The minimum Gasteiger partial charge on any atom is -0.467 e. The molecule has 1 aromatic carbocycles. The van der Waals surface area contributed by atoms with Crippen LogP contribution in [0.3, 0.4) is 0 Å². The van der Waals surface area contributed by atoms with Gasteiger partial charge in [0.1, 0.15) is 17.3 Å². The molecule has 130 valence electrons. The molecule has 3 rings (SSSR count). The SMILES string of the molecule is Cc1ccc(-c2ccc(CNC(C)C(=O)NCc3ccco3)o2)cc1. The van der Waals surface area contributed by atoms with Gasteiger partial charge in [-0.2, -0.15) is 0 Å². The summed E-state index contributed by atoms with van der Waals surface area (Å²) in [6.45, 7) is 4.75. The number of furan rings is 2. The Morgan fingerprint density at radius 2 is 1.84 bits per heavy atom. The summed E-state index contributed by atoms with van der Waals surface area (Å²) >= 11 is 0. The van der Waals surface area contributed by atoms with Crippen LogP contribution in [0, 0.1) is 6.92 Å². The summed E-state index contributed by atoms with van der Waals surface area (Å²) in [4.78, 5) is 12.1. The van der Waals surface area contributed by atoms with Crippen molar-refractivity contribution in [2.75, 3.05) is 0 Å². The first-order valence-corrected chi connectivity index (χ1v) is 8.31. The average molecular weight is 338 g/mol. The van der Waals surface area contributed by atoms with E-state index in [1.807, 2.05) is 37.3 Å². The molecule has 5 heteroatoms. The third kappa shape index (κ3) is 4.61. The van der Waals surface area contributed by atoms with Gasteiger partial charge in [-0.1, -0.05) is 29.8 Å². The number of aryl methyl sites for hydroxylation is 1. The van der Waals surface area contributed by atoms with Crippen LogP contribution in [-0.2, 0) is 17.9 Å². The lowest BCUT2D eigenvalue weighted by atomic mass is 10.1. The molecule has 0 saturated carbocycles. The molecule has 5 nitrogen and oxygen atoms in total. The normalized spacial score (nSPS) is 12.1. The summed E-state index contributed by atoms with van der Waals surface area (Å²) in [5.74, 6) is 2.27. The standard InChI is InChI=1S/C20H22N2O3/c1-14-5-7-16(8-6-14)19-10-9-18(25-19)13-21-15(2)20(23)22-12-17-4-3-11-24-17/h3-11,15,21H,12-13H2,1-2H3,(H,22,23). The van der Waals surface area contributed by atoms with Crippen LogP contribution in [0.25, 0.3) is 11.3 Å². The maximum absolute atomic E-state index is 12.1. The summed E-state index contributed by atoms with van der Waals surface area (Å²) in [6.07, 6.45) is 1.59. The van der Waals surface area contributed by atoms with E-state index in [9.17, 15) is 4.79 Å². The van der Waals surface area contributed by atoms with Crippen LogP contribution in [0.15, 0.2) is 63.6 Å². The summed E-state index contributed by atoms with van der Waals surface area (Å²) in [5.41, 5.74) is 2.26. The van der Waals surface area contributed by atoms with Crippen LogP contribution in [0.4, 0.5) is 0 Å². The van der Waals surface area contributed by atoms with E-state index in [1.165, 1.54) is 5.56 Å². The Morgan fingerprint density at radius 3 is 2.56 bits per heavy atom. The number of rotatable bonds is 7. The molecule has 0 spiro atoms. The van der Waals surface area contributed by atoms with Gasteiger partial charge in [-0.15, -0.1) is 0 Å². The Morgan fingerprint density at radius 1 is 1.04 bits per heavy atom. The smallest absolute Gasteiger partial charge is 0.237 e. The monoisotopic (exact) mass is 338 g/mol. The van der Waals surface area contributed by atoms with E-state index in [1.54, 1.807) is 12.3 Å². The lowest BCUT2D eigenvalue weighted by Crippen LogP contribution is -2.41. The third-order valence-electron chi connectivity index (χ3n) is 3.99. The van der Waals surface area contributed by atoms with Crippen LogP contribution >= 0.6 is 0 Å². The second-order valence-electron chi connectivity index (χ2n) is 6.03. The zero-order valence-corrected chi connectivity index (χ0v) is 14.4. The van der Waals surface area contributed by atoms with Gasteiger partial charge in [0, 0.05) is 5.56 Å². The lowest BCUT2D eigenvalue weighted by Gasteiger charge is -2.12. The number of hydrogen-bond donors (Lipinski definition) is 2. The first kappa shape index (κ1) is 17.0. The van der Waals surface area contributed by atoms with Crippen molar-refractivity contribution < 1.29 is 13.6 Å². The highest BCUT2D eigenvalue weighted by atomic mass is 16.3. The molecule has 1 amide bonds. The van der Waals surface area contributed by atoms with Gasteiger partial charge in [0.15, 0.2) is 0 Å². The Hall–Kier alpha value is -2.79. The molecule has 0 aliphatic carbocycles. The van der Waals surface area contributed by atoms with Gasteiger partial charge in [0.2, 0.25) is 5.91 Å². The molecule has 0 aliphatic rings. The van der Waals surface area contributed by atoms with E-state index in [0.29, 0.717) is 13.1 Å². The number of carbonyl (C=O) groups is 1. The quantitative estimate of drug-likeness (QED) is 0.690. The molecule has 0 aliphatic heterocycles. The molecular formula is C20H22N2O3. The minimum absolute atomic E-state index is 0.0817. The minimum atomic E-state index is -0.331. The summed E-state index contributed by atoms with van der Waals surface area (Å²) in [6, 6.07) is 15.4. The van der Waals surface area contributed by atoms with Crippen molar-refractivity contribution in [3.8, 4) is 11.3 Å². The maximum Gasteiger partial charge on any atom is 0.237 e. The highest BCUT2D eigenvalue weighted by Gasteiger charge is 2.13. The fourth-order valence-corrected chi connectivity index (χ4v) is 2.43. The number of nitrogens with one attached hydrogen (secondary N) is 2. The molecule has 2 aromatic heterocycles. The fourth-order valence-electron chi connectivity index (χ4n) is 2.43. The second-order valence-corrected chi connectivity index (χ2v) is 6.03. The Balaban J connectivity index is 1.49. The summed E-state index contributed by atoms with van der Waals surface area (Å²) in [5, 5.41) is 6.00. The van der Waals surface area contributed by atoms with Gasteiger partial charge in [-0.25, -0.2) is 0 Å². The van der Waals surface area contributed by atoms with Crippen LogP contribution in [-0.4, -0.2) is 11.9 Å². The van der Waals surface area contributed by atoms with Crippen molar-refractivity contribution in [1.29, 1.82) is 0 Å². The van der Waals surface area contributed by atoms with E-state index in [4.69, 9.17) is 8.83 Å². The van der Waals surface area contributed by atoms with E-state index in [2.05, 4.69) is 29.7 Å². The molecule has 1 atom stereocenters. The van der Waals surface area contributed by atoms with Crippen LogP contribution < -0.4 is 10.6 Å². The van der Waals surface area contributed by atoms with Crippen molar-refractivity contribution >= 4 is 5.91 Å². The molecular weight excluding hydrogens is 316 g/mol. The predicted octanol–water partition coefficient (Wildman–Crippen LogP) is 3.64. The zero-order valence-electron chi connectivity index (χ0n) is 14.4. The van der Waals surface area contributed by atoms with Crippen molar-refractivity contribution in [2.24, 2.45) is 0 Å². The molecule has 1 unspecified atom stereocenters. The molecule has 25 heavy (non-hydrogen) atoms. The third-order valence-corrected chi connectivity index (χ3v) is 3.99. The van der Waals surface area contributed by atoms with Crippen LogP contribution in [0.1, 0.15) is 24.0 Å². The van der Waals surface area contributed by atoms with E-state index in [-0.39, 0.29) is 11.9 Å². The fraction of sp³-hybridized carbons (Fsp3) is 0.250. The first-order valence-electron chi connectivity index (χ1n) is 8.31. The number of carbonyl (C=O) groups excluding carboxylic acids is 1. The van der Waals surface area contributed by atoms with E-state index >= 15 is 0 Å². The maximum atomic E-state index is 12.1. The molecule has 0 fully saturated rings. The Kier molecular flexibility index (Phi) is 5.36. The van der Waals surface area contributed by atoms with Gasteiger partial charge in [-0.3, -0.25) is 10.1 Å². The molecule has 2 heterocycles. The van der Waals surface area contributed by atoms with Crippen molar-refractivity contribution in [2.45, 2.75) is 33.0 Å². The lowest BCUT2D eigenvalue weighted by molar-refractivity contribution is -0.123. The summed E-state index contributed by atoms with van der Waals surface area (Å²) < 4.78 is 11.0. The van der Waals surface area contributed by atoms with Crippen molar-refractivity contribution in [3.63, 3.8) is 0 Å². The number of amides is 1. The predicted molar refractivity (Wildman–Crippen MR) is 95.7 cm³/mol. The molecule has 0 saturated heterocycles. The second kappa shape index (κ2) is 7.85. The van der Waals surface area contributed by atoms with Gasteiger partial charge < -0.3 is 14.2 Å². The molecule has 3 aromatic rings. The van der Waals surface area contributed by atoms with Crippen LogP contribution in [0.5, 0.6) is 0 Å². The van der Waals surface area contributed by atoms with Crippen molar-refractivity contribution in [3.05, 3.63) is 71.9 Å². The Labute approximate surface area is 147 Å². The van der Waals surface area contributed by atoms with Gasteiger partial charge in [0.25, 0.3) is 0 Å². The first-order chi connectivity index (χ1) is 12.1. The largest absolute Gasteiger partial charge is 0.467 e. The molecule has 0 bridgehead atoms. The highest BCUT2D eigenvalue weighted by molar-refractivity contribution is 5.81. The molecule has 2 N–H and O–H groups in total. The van der Waals surface area contributed by atoms with E-state index < -0.39 is 0 Å². The number of hydrogen-bond acceptors (Lipinski definition) is 4. The van der Waals surface area contributed by atoms with E-state index in [0.717, 1.165) is 22.8 Å². The average Bonchev–Trinajstić information content (AvgIpc) is 3.30. The van der Waals surface area contributed by atoms with Gasteiger partial charge >= 0.3 is 0 Å². The molecule has 0 radical (unpaired) electrons. The topological polar surface area (TPSA) is 67.4 Å².